The van der Waals surface area contributed by atoms with Crippen molar-refractivity contribution in [1.82, 2.24) is 34.5 Å². The Labute approximate surface area is 217 Å². The molecule has 0 aliphatic carbocycles. The molecule has 0 radical (unpaired) electrons. The maximum Gasteiger partial charge on any atom is 0.331 e. The van der Waals surface area contributed by atoms with Crippen LogP contribution in [0.1, 0.15) is 35.5 Å². The monoisotopic (exact) mass is 514 g/mol. The molecule has 0 unspecified atom stereocenters. The molecule has 0 atom stereocenters. The summed E-state index contributed by atoms with van der Waals surface area (Å²) in [7, 11) is 1.62. The summed E-state index contributed by atoms with van der Waals surface area (Å²) in [6, 6.07) is 12.8. The first-order valence-electron chi connectivity index (χ1n) is 11.9. The first-order chi connectivity index (χ1) is 18.3. The molecule has 2 N–H and O–H groups in total. The van der Waals surface area contributed by atoms with Crippen molar-refractivity contribution in [2.75, 3.05) is 7.11 Å². The van der Waals surface area contributed by atoms with E-state index in [1.807, 2.05) is 53.4 Å². The van der Waals surface area contributed by atoms with E-state index in [1.54, 1.807) is 19.4 Å². The van der Waals surface area contributed by atoms with Crippen molar-refractivity contribution in [3.8, 4) is 28.7 Å². The van der Waals surface area contributed by atoms with Crippen molar-refractivity contribution < 1.29 is 19.2 Å². The van der Waals surface area contributed by atoms with Crippen molar-refractivity contribution in [2.24, 2.45) is 5.73 Å². The Morgan fingerprint density at radius 2 is 1.79 bits per heavy atom. The molecule has 0 aliphatic heterocycles. The number of aryl methyl sites for hydroxylation is 2. The first kappa shape index (κ1) is 24.7. The molecule has 3 heterocycles. The number of nitrogens with two attached hydrogens (primary N) is 1. The van der Waals surface area contributed by atoms with E-state index >= 15 is 0 Å². The van der Waals surface area contributed by atoms with Crippen LogP contribution in [0.25, 0.3) is 33.8 Å². The molecule has 194 valence electrons. The molecular formula is C26H26N8O4. The lowest BCUT2D eigenvalue weighted by atomic mass is 10.0. The zero-order valence-electron chi connectivity index (χ0n) is 21.4. The minimum atomic E-state index is -0.648. The number of hydrogen-bond acceptors (Lipinski definition) is 8. The smallest absolute Gasteiger partial charge is 0.331 e. The second-order valence-electron chi connectivity index (χ2n) is 8.69. The molecule has 3 aromatic heterocycles. The minimum absolute atomic E-state index is 0.205. The van der Waals surface area contributed by atoms with E-state index in [0.29, 0.717) is 41.2 Å². The van der Waals surface area contributed by atoms with E-state index in [0.717, 1.165) is 27.5 Å². The van der Waals surface area contributed by atoms with Gasteiger partial charge in [-0.2, -0.15) is 5.10 Å². The highest BCUT2D eigenvalue weighted by Gasteiger charge is 2.23. The van der Waals surface area contributed by atoms with Crippen LogP contribution in [-0.4, -0.2) is 53.5 Å². The van der Waals surface area contributed by atoms with Gasteiger partial charge in [-0.3, -0.25) is 9.48 Å². The quantitative estimate of drug-likeness (QED) is 0.333. The second kappa shape index (κ2) is 9.81. The number of carbonyl (C=O) groups is 2. The van der Waals surface area contributed by atoms with E-state index in [2.05, 4.69) is 20.4 Å². The Balaban J connectivity index is 1.75. The average Bonchev–Trinajstić information content (AvgIpc) is 3.60. The fraction of sp³-hybridized carbons (Fsp3) is 0.231. The summed E-state index contributed by atoms with van der Waals surface area (Å²) in [6.07, 6.45) is 1.55. The predicted octanol–water partition coefficient (Wildman–Crippen LogP) is 2.62. The topological polar surface area (TPSA) is 145 Å². The molecule has 0 spiro atoms. The zero-order chi connectivity index (χ0) is 27.0. The summed E-state index contributed by atoms with van der Waals surface area (Å²) in [5.74, 6) is 0.613. The molecule has 0 bridgehead atoms. The van der Waals surface area contributed by atoms with Gasteiger partial charge in [-0.25, -0.2) is 4.79 Å². The van der Waals surface area contributed by atoms with Crippen molar-refractivity contribution in [1.29, 1.82) is 0 Å². The molecule has 12 nitrogen and oxygen atoms in total. The van der Waals surface area contributed by atoms with Crippen LogP contribution in [0.15, 0.2) is 48.7 Å². The molecule has 0 fully saturated rings. The van der Waals surface area contributed by atoms with Crippen molar-refractivity contribution >= 4 is 22.8 Å². The maximum absolute atomic E-state index is 12.3. The van der Waals surface area contributed by atoms with Gasteiger partial charge in [0.25, 0.3) is 0 Å². The number of amides is 1. The number of fused-ring (bicyclic) bond motifs is 1. The normalized spacial score (nSPS) is 11.2. The van der Waals surface area contributed by atoms with Gasteiger partial charge in [0, 0.05) is 30.0 Å². The molecule has 0 aliphatic rings. The Morgan fingerprint density at radius 1 is 1.05 bits per heavy atom. The zero-order valence-corrected chi connectivity index (χ0v) is 21.4. The number of aromatic nitrogens is 7. The lowest BCUT2D eigenvalue weighted by Gasteiger charge is -2.13. The SMILES string of the molecule is CCn1nc(C)cc1-c1nnc(-c2cc(C(N)=O)cc3c2cnn3OC(C)=O)n1Cc1ccc(OC)cc1. The predicted molar refractivity (Wildman–Crippen MR) is 138 cm³/mol. The highest BCUT2D eigenvalue weighted by atomic mass is 16.7. The summed E-state index contributed by atoms with van der Waals surface area (Å²) in [4.78, 5) is 30.1. The van der Waals surface area contributed by atoms with Crippen LogP contribution in [0.3, 0.4) is 0 Å². The fourth-order valence-electron chi connectivity index (χ4n) is 4.35. The van der Waals surface area contributed by atoms with Crippen LogP contribution in [0.2, 0.25) is 0 Å². The van der Waals surface area contributed by atoms with Crippen LogP contribution in [0.5, 0.6) is 5.75 Å². The Hall–Kier alpha value is -5.00. The maximum atomic E-state index is 12.3. The Morgan fingerprint density at radius 3 is 2.45 bits per heavy atom. The number of hydrogen-bond donors (Lipinski definition) is 1. The summed E-state index contributed by atoms with van der Waals surface area (Å²) < 4.78 is 9.12. The van der Waals surface area contributed by atoms with Crippen LogP contribution in [0.4, 0.5) is 0 Å². The molecule has 38 heavy (non-hydrogen) atoms. The van der Waals surface area contributed by atoms with Gasteiger partial charge in [-0.1, -0.05) is 17.0 Å². The number of benzene rings is 2. The van der Waals surface area contributed by atoms with Gasteiger partial charge < -0.3 is 19.9 Å². The van der Waals surface area contributed by atoms with Gasteiger partial charge in [0.15, 0.2) is 11.6 Å². The van der Waals surface area contributed by atoms with Gasteiger partial charge in [0.1, 0.15) is 17.0 Å². The van der Waals surface area contributed by atoms with Gasteiger partial charge >= 0.3 is 5.97 Å². The van der Waals surface area contributed by atoms with E-state index in [9.17, 15) is 9.59 Å². The minimum Gasteiger partial charge on any atom is -0.497 e. The lowest BCUT2D eigenvalue weighted by Crippen LogP contribution is -2.18. The third-order valence-corrected chi connectivity index (χ3v) is 6.08. The summed E-state index contributed by atoms with van der Waals surface area (Å²) in [5.41, 5.74) is 9.44. The molecule has 1 amide bonds. The number of primary amides is 1. The summed E-state index contributed by atoms with van der Waals surface area (Å²) >= 11 is 0. The number of ether oxygens (including phenoxy) is 1. The van der Waals surface area contributed by atoms with E-state index < -0.39 is 11.9 Å². The fourth-order valence-corrected chi connectivity index (χ4v) is 4.35. The van der Waals surface area contributed by atoms with Crippen LogP contribution in [0, 0.1) is 6.92 Å². The number of carbonyl (C=O) groups excluding carboxylic acids is 2. The molecule has 0 saturated carbocycles. The third kappa shape index (κ3) is 4.47. The molecule has 2 aromatic carbocycles. The molecule has 12 heteroatoms. The highest BCUT2D eigenvalue weighted by Crippen LogP contribution is 2.32. The van der Waals surface area contributed by atoms with Gasteiger partial charge in [0.05, 0.1) is 25.5 Å². The molecule has 5 rings (SSSR count). The standard InChI is InChI=1S/C26H26N8O4/c1-5-33-23(10-15(2)31-33)26-30-29-25(32(26)14-17-6-8-19(37-4)9-7-17)20-11-18(24(27)36)12-22-21(20)13-28-34(22)38-16(3)35/h6-13H,5,14H2,1-4H3,(H2,27,36). The number of nitrogens with zero attached hydrogens (tertiary/aromatic N) is 7. The van der Waals surface area contributed by atoms with Crippen molar-refractivity contribution in [3.05, 3.63) is 65.5 Å². The van der Waals surface area contributed by atoms with Gasteiger partial charge in [0.2, 0.25) is 5.91 Å². The summed E-state index contributed by atoms with van der Waals surface area (Å²) in [6.45, 7) is 6.25. The molecular weight excluding hydrogens is 488 g/mol. The van der Waals surface area contributed by atoms with E-state index in [-0.39, 0.29) is 5.56 Å². The second-order valence-corrected chi connectivity index (χ2v) is 8.69. The van der Waals surface area contributed by atoms with Gasteiger partial charge in [-0.15, -0.1) is 15.3 Å². The highest BCUT2D eigenvalue weighted by molar-refractivity contribution is 6.02. The Bertz CT molecular complexity index is 1660. The van der Waals surface area contributed by atoms with Crippen molar-refractivity contribution in [2.45, 2.75) is 33.9 Å². The van der Waals surface area contributed by atoms with Gasteiger partial charge in [-0.05, 0) is 49.7 Å². The van der Waals surface area contributed by atoms with Crippen LogP contribution in [-0.2, 0) is 17.9 Å². The average molecular weight is 515 g/mol. The number of methoxy groups -OCH3 is 1. The van der Waals surface area contributed by atoms with Crippen LogP contribution < -0.4 is 15.3 Å². The van der Waals surface area contributed by atoms with E-state index in [1.165, 1.54) is 13.0 Å². The molecule has 5 aromatic rings. The first-order valence-corrected chi connectivity index (χ1v) is 11.9. The largest absolute Gasteiger partial charge is 0.497 e. The van der Waals surface area contributed by atoms with E-state index in [4.69, 9.17) is 15.3 Å². The lowest BCUT2D eigenvalue weighted by molar-refractivity contribution is -0.142. The third-order valence-electron chi connectivity index (χ3n) is 6.08. The van der Waals surface area contributed by atoms with Crippen LogP contribution >= 0.6 is 0 Å². The summed E-state index contributed by atoms with van der Waals surface area (Å²) in [5, 5.41) is 18.5. The Kier molecular flexibility index (Phi) is 6.37. The number of rotatable bonds is 8. The molecule has 0 saturated heterocycles. The van der Waals surface area contributed by atoms with Crippen molar-refractivity contribution in [3.63, 3.8) is 0 Å².